The van der Waals surface area contributed by atoms with Crippen LogP contribution >= 0.6 is 23.2 Å². The third-order valence-corrected chi connectivity index (χ3v) is 4.79. The third-order valence-electron chi connectivity index (χ3n) is 4.05. The second-order valence-electron chi connectivity index (χ2n) is 5.83. The molecule has 1 aromatic heterocycles. The number of aryl methyl sites for hydroxylation is 1. The second kappa shape index (κ2) is 6.67. The highest BCUT2D eigenvalue weighted by Gasteiger charge is 2.44. The highest BCUT2D eigenvalue weighted by molar-refractivity contribution is 6.42. The van der Waals surface area contributed by atoms with Gasteiger partial charge in [0.2, 0.25) is 0 Å². The van der Waals surface area contributed by atoms with E-state index in [1.807, 2.05) is 0 Å². The van der Waals surface area contributed by atoms with Crippen LogP contribution in [0.15, 0.2) is 24.3 Å². The number of carbonyl (C=O) groups is 2. The van der Waals surface area contributed by atoms with Crippen molar-refractivity contribution < 1.29 is 19.4 Å². The number of halogens is 2. The van der Waals surface area contributed by atoms with Crippen molar-refractivity contribution in [1.82, 2.24) is 15.1 Å². The SMILES string of the molecule is Cc1cc(C(=O)NC2(C(=O)O)CCOC2)nn1-c1ccc(Cl)c(Cl)c1. The fourth-order valence-corrected chi connectivity index (χ4v) is 2.92. The zero-order chi connectivity index (χ0) is 18.2. The number of nitrogens with one attached hydrogen (secondary N) is 1. The molecule has 2 aromatic rings. The first-order chi connectivity index (χ1) is 11.8. The minimum Gasteiger partial charge on any atom is -0.479 e. The van der Waals surface area contributed by atoms with Crippen LogP contribution in [-0.4, -0.2) is 45.5 Å². The molecule has 3 rings (SSSR count). The molecule has 0 bridgehead atoms. The van der Waals surface area contributed by atoms with Gasteiger partial charge in [-0.1, -0.05) is 23.2 Å². The molecule has 1 atom stereocenters. The van der Waals surface area contributed by atoms with Crippen molar-refractivity contribution in [3.8, 4) is 5.69 Å². The second-order valence-corrected chi connectivity index (χ2v) is 6.64. The summed E-state index contributed by atoms with van der Waals surface area (Å²) in [5.41, 5.74) is 0.0213. The lowest BCUT2D eigenvalue weighted by Crippen LogP contribution is -2.55. The molecule has 1 unspecified atom stereocenters. The highest BCUT2D eigenvalue weighted by atomic mass is 35.5. The Kier molecular flexibility index (Phi) is 4.73. The molecule has 7 nitrogen and oxygen atoms in total. The fraction of sp³-hybridized carbons (Fsp3) is 0.312. The Hall–Kier alpha value is -2.09. The molecule has 132 valence electrons. The van der Waals surface area contributed by atoms with Gasteiger partial charge in [0.25, 0.3) is 5.91 Å². The number of aromatic nitrogens is 2. The number of carboxylic acids is 1. The number of nitrogens with zero attached hydrogens (tertiary/aromatic N) is 2. The smallest absolute Gasteiger partial charge is 0.331 e. The van der Waals surface area contributed by atoms with E-state index < -0.39 is 17.4 Å². The standard InChI is InChI=1S/C16H15Cl2N3O4/c1-9-6-13(14(22)19-16(15(23)24)4-5-25-8-16)20-21(9)10-2-3-11(17)12(18)7-10/h2-3,6-7H,4-5,8H2,1H3,(H,19,22)(H,23,24). The topological polar surface area (TPSA) is 93.5 Å². The van der Waals surface area contributed by atoms with Gasteiger partial charge in [-0.15, -0.1) is 0 Å². The van der Waals surface area contributed by atoms with Gasteiger partial charge in [0.05, 0.1) is 22.3 Å². The largest absolute Gasteiger partial charge is 0.479 e. The normalized spacial score (nSPS) is 19.8. The van der Waals surface area contributed by atoms with Crippen LogP contribution in [-0.2, 0) is 9.53 Å². The molecule has 1 fully saturated rings. The Bertz CT molecular complexity index is 844. The molecule has 1 aromatic carbocycles. The maximum atomic E-state index is 12.5. The van der Waals surface area contributed by atoms with Crippen molar-refractivity contribution in [1.29, 1.82) is 0 Å². The van der Waals surface area contributed by atoms with E-state index in [2.05, 4.69) is 10.4 Å². The molecule has 2 heterocycles. The molecule has 2 N–H and O–H groups in total. The Morgan fingerprint density at radius 3 is 2.68 bits per heavy atom. The molecule has 1 amide bonds. The Morgan fingerprint density at radius 1 is 1.32 bits per heavy atom. The number of benzene rings is 1. The lowest BCUT2D eigenvalue weighted by Gasteiger charge is -2.22. The fourth-order valence-electron chi connectivity index (χ4n) is 2.63. The van der Waals surface area contributed by atoms with Crippen LogP contribution in [0.25, 0.3) is 5.69 Å². The first kappa shape index (κ1) is 17.7. The van der Waals surface area contributed by atoms with Crippen molar-refractivity contribution in [2.24, 2.45) is 0 Å². The monoisotopic (exact) mass is 383 g/mol. The van der Waals surface area contributed by atoms with Gasteiger partial charge >= 0.3 is 5.97 Å². The summed E-state index contributed by atoms with van der Waals surface area (Å²) in [5.74, 6) is -1.70. The average Bonchev–Trinajstić information content (AvgIpc) is 3.18. The number of aliphatic carboxylic acids is 1. The van der Waals surface area contributed by atoms with Crippen molar-refractivity contribution in [2.75, 3.05) is 13.2 Å². The van der Waals surface area contributed by atoms with Crippen LogP contribution in [0.1, 0.15) is 22.6 Å². The van der Waals surface area contributed by atoms with Gasteiger partial charge in [-0.2, -0.15) is 5.10 Å². The van der Waals surface area contributed by atoms with E-state index in [4.69, 9.17) is 27.9 Å². The number of amides is 1. The number of carbonyl (C=O) groups excluding carboxylic acids is 1. The summed E-state index contributed by atoms with van der Waals surface area (Å²) in [6, 6.07) is 6.56. The maximum Gasteiger partial charge on any atom is 0.331 e. The molecule has 25 heavy (non-hydrogen) atoms. The summed E-state index contributed by atoms with van der Waals surface area (Å²) in [6.45, 7) is 1.99. The molecular weight excluding hydrogens is 369 g/mol. The first-order valence-electron chi connectivity index (χ1n) is 7.48. The van der Waals surface area contributed by atoms with Gasteiger partial charge in [0.15, 0.2) is 11.2 Å². The van der Waals surface area contributed by atoms with Crippen molar-refractivity contribution in [3.05, 3.63) is 45.7 Å². The van der Waals surface area contributed by atoms with E-state index in [0.29, 0.717) is 21.4 Å². The number of hydrogen-bond donors (Lipinski definition) is 2. The van der Waals surface area contributed by atoms with E-state index in [1.165, 1.54) is 4.68 Å². The van der Waals surface area contributed by atoms with Gasteiger partial charge in [0, 0.05) is 18.7 Å². The Morgan fingerprint density at radius 2 is 2.08 bits per heavy atom. The predicted octanol–water partition coefficient (Wildman–Crippen LogP) is 2.46. The zero-order valence-corrected chi connectivity index (χ0v) is 14.8. The highest BCUT2D eigenvalue weighted by Crippen LogP contribution is 2.25. The lowest BCUT2D eigenvalue weighted by molar-refractivity contribution is -0.144. The van der Waals surface area contributed by atoms with E-state index in [9.17, 15) is 14.7 Å². The number of hydrogen-bond acceptors (Lipinski definition) is 4. The zero-order valence-electron chi connectivity index (χ0n) is 13.3. The summed E-state index contributed by atoms with van der Waals surface area (Å²) in [5, 5.41) is 17.0. The molecule has 9 heteroatoms. The summed E-state index contributed by atoms with van der Waals surface area (Å²) in [7, 11) is 0. The van der Waals surface area contributed by atoms with Crippen molar-refractivity contribution >= 4 is 35.1 Å². The first-order valence-corrected chi connectivity index (χ1v) is 8.24. The van der Waals surface area contributed by atoms with Crippen LogP contribution in [0.5, 0.6) is 0 Å². The van der Waals surface area contributed by atoms with Crippen LogP contribution in [0.2, 0.25) is 10.0 Å². The molecular formula is C16H15Cl2N3O4. The van der Waals surface area contributed by atoms with Crippen LogP contribution in [0, 0.1) is 6.92 Å². The summed E-state index contributed by atoms with van der Waals surface area (Å²) in [4.78, 5) is 24.0. The minimum atomic E-state index is -1.42. The van der Waals surface area contributed by atoms with Gasteiger partial charge < -0.3 is 15.2 Å². The Labute approximate surface area is 153 Å². The number of ether oxygens (including phenoxy) is 1. The number of carboxylic acid groups (broad SMARTS) is 1. The van der Waals surface area contributed by atoms with Gasteiger partial charge in [-0.05, 0) is 31.2 Å². The summed E-state index contributed by atoms with van der Waals surface area (Å²) in [6.07, 6.45) is 0.209. The maximum absolute atomic E-state index is 12.5. The quantitative estimate of drug-likeness (QED) is 0.845. The molecule has 0 saturated carbocycles. The van der Waals surface area contributed by atoms with Crippen molar-refractivity contribution in [2.45, 2.75) is 18.9 Å². The van der Waals surface area contributed by atoms with Gasteiger partial charge in [-0.3, -0.25) is 4.79 Å². The van der Waals surface area contributed by atoms with Crippen LogP contribution in [0.4, 0.5) is 0 Å². The van der Waals surface area contributed by atoms with Gasteiger partial charge in [-0.25, -0.2) is 9.48 Å². The minimum absolute atomic E-state index is 0.0689. The van der Waals surface area contributed by atoms with E-state index >= 15 is 0 Å². The van der Waals surface area contributed by atoms with E-state index in [0.717, 1.165) is 0 Å². The summed E-state index contributed by atoms with van der Waals surface area (Å²) < 4.78 is 6.67. The lowest BCUT2D eigenvalue weighted by atomic mass is 9.99. The molecule has 1 saturated heterocycles. The average molecular weight is 384 g/mol. The van der Waals surface area contributed by atoms with Crippen LogP contribution in [0.3, 0.4) is 0 Å². The molecule has 0 aliphatic carbocycles. The van der Waals surface area contributed by atoms with Crippen molar-refractivity contribution in [3.63, 3.8) is 0 Å². The summed E-state index contributed by atoms with van der Waals surface area (Å²) >= 11 is 11.9. The van der Waals surface area contributed by atoms with E-state index in [1.54, 1.807) is 31.2 Å². The third kappa shape index (κ3) is 3.35. The molecule has 1 aliphatic heterocycles. The van der Waals surface area contributed by atoms with E-state index in [-0.39, 0.29) is 25.3 Å². The van der Waals surface area contributed by atoms with Gasteiger partial charge in [0.1, 0.15) is 0 Å². The molecule has 0 spiro atoms. The molecule has 0 radical (unpaired) electrons. The Balaban J connectivity index is 1.87. The van der Waals surface area contributed by atoms with Crippen LogP contribution < -0.4 is 5.32 Å². The molecule has 1 aliphatic rings. The predicted molar refractivity (Wildman–Crippen MR) is 91.6 cm³/mol. The number of rotatable bonds is 4.